The van der Waals surface area contributed by atoms with Crippen molar-refractivity contribution >= 4 is 19.7 Å². The van der Waals surface area contributed by atoms with E-state index in [9.17, 15) is 0 Å². The fourth-order valence-corrected chi connectivity index (χ4v) is 2.05. The molecule has 0 amide bonds. The van der Waals surface area contributed by atoms with Crippen LogP contribution in [0, 0.1) is 0 Å². The first-order valence-corrected chi connectivity index (χ1v) is 7.05. The SMILES string of the molecule is C=CC(C)[Si](C)(C)CCl. The van der Waals surface area contributed by atoms with E-state index in [2.05, 4.69) is 26.6 Å². The molecule has 0 rings (SSSR count). The third kappa shape index (κ3) is 2.54. The van der Waals surface area contributed by atoms with E-state index in [0.29, 0.717) is 5.54 Å². The molecule has 1 unspecified atom stereocenters. The van der Waals surface area contributed by atoms with Gasteiger partial charge in [0, 0.05) is 5.50 Å². The molecule has 0 fully saturated rings. The Hall–Kier alpha value is 0.247. The largest absolute Gasteiger partial charge is 0.130 e. The molecule has 0 spiro atoms. The summed E-state index contributed by atoms with van der Waals surface area (Å²) in [4.78, 5) is 0. The molecular formula is C7H15ClSi. The second-order valence-electron chi connectivity index (χ2n) is 3.15. The monoisotopic (exact) mass is 162 g/mol. The van der Waals surface area contributed by atoms with Gasteiger partial charge in [-0.2, -0.15) is 0 Å². The maximum Gasteiger partial charge on any atom is 0.0704 e. The molecule has 1 atom stereocenters. The van der Waals surface area contributed by atoms with Gasteiger partial charge in [-0.25, -0.2) is 0 Å². The maximum atomic E-state index is 5.78. The van der Waals surface area contributed by atoms with Crippen LogP contribution in [0.1, 0.15) is 6.92 Å². The lowest BCUT2D eigenvalue weighted by Gasteiger charge is -2.23. The van der Waals surface area contributed by atoms with E-state index in [1.54, 1.807) is 0 Å². The molecule has 0 nitrogen and oxygen atoms in total. The van der Waals surface area contributed by atoms with Crippen molar-refractivity contribution in [1.29, 1.82) is 0 Å². The summed E-state index contributed by atoms with van der Waals surface area (Å²) in [5.41, 5.74) is 1.47. The Labute approximate surface area is 63.9 Å². The van der Waals surface area contributed by atoms with Crippen LogP contribution < -0.4 is 0 Å². The van der Waals surface area contributed by atoms with Gasteiger partial charge in [-0.15, -0.1) is 18.2 Å². The second-order valence-corrected chi connectivity index (χ2v) is 9.10. The van der Waals surface area contributed by atoms with Crippen LogP contribution in [-0.2, 0) is 0 Å². The van der Waals surface area contributed by atoms with Gasteiger partial charge in [0.1, 0.15) is 0 Å². The predicted molar refractivity (Wildman–Crippen MR) is 47.8 cm³/mol. The molecule has 2 heteroatoms. The molecule has 0 aromatic heterocycles. The van der Waals surface area contributed by atoms with E-state index in [4.69, 9.17) is 11.6 Å². The van der Waals surface area contributed by atoms with Gasteiger partial charge in [0.15, 0.2) is 0 Å². The molecule has 54 valence electrons. The molecule has 0 N–H and O–H groups in total. The molecule has 0 saturated heterocycles. The quantitative estimate of drug-likeness (QED) is 0.340. The van der Waals surface area contributed by atoms with E-state index in [1.165, 1.54) is 0 Å². The fraction of sp³-hybridized carbons (Fsp3) is 0.714. The number of hydrogen-bond acceptors (Lipinski definition) is 0. The van der Waals surface area contributed by atoms with Gasteiger partial charge in [0.2, 0.25) is 0 Å². The predicted octanol–water partition coefficient (Wildman–Crippen LogP) is 3.05. The van der Waals surface area contributed by atoms with Crippen LogP contribution in [0.4, 0.5) is 0 Å². The van der Waals surface area contributed by atoms with Crippen molar-refractivity contribution in [3.05, 3.63) is 12.7 Å². The zero-order chi connectivity index (χ0) is 7.49. The molecule has 0 bridgehead atoms. The highest BCUT2D eigenvalue weighted by Gasteiger charge is 2.24. The Morgan fingerprint density at radius 2 is 2.11 bits per heavy atom. The van der Waals surface area contributed by atoms with E-state index in [0.717, 1.165) is 5.50 Å². The van der Waals surface area contributed by atoms with Gasteiger partial charge < -0.3 is 0 Å². The highest BCUT2D eigenvalue weighted by atomic mass is 35.5. The number of halogens is 1. The molecule has 0 heterocycles. The standard InChI is InChI=1S/C7H15ClSi/c1-5-7(2)9(3,4)6-8/h5,7H,1,6H2,2-4H3. The lowest BCUT2D eigenvalue weighted by Crippen LogP contribution is -2.32. The minimum atomic E-state index is -1.13. The van der Waals surface area contributed by atoms with Gasteiger partial charge in [0.25, 0.3) is 0 Å². The Kier molecular flexibility index (Phi) is 3.52. The minimum absolute atomic E-state index is 0.634. The number of alkyl halides is 1. The summed E-state index contributed by atoms with van der Waals surface area (Å²) in [6, 6.07) is 0. The average molecular weight is 163 g/mol. The summed E-state index contributed by atoms with van der Waals surface area (Å²) in [6.45, 7) is 10.5. The summed E-state index contributed by atoms with van der Waals surface area (Å²) >= 11 is 5.78. The van der Waals surface area contributed by atoms with Gasteiger partial charge >= 0.3 is 0 Å². The molecular weight excluding hydrogens is 148 g/mol. The van der Waals surface area contributed by atoms with E-state index >= 15 is 0 Å². The Morgan fingerprint density at radius 3 is 2.22 bits per heavy atom. The topological polar surface area (TPSA) is 0 Å². The smallest absolute Gasteiger partial charge is 0.0704 e. The van der Waals surface area contributed by atoms with Crippen LogP contribution in [0.25, 0.3) is 0 Å². The molecule has 0 aromatic rings. The van der Waals surface area contributed by atoms with Gasteiger partial charge in [0.05, 0.1) is 8.07 Å². The number of allylic oxidation sites excluding steroid dienone is 1. The molecule has 9 heavy (non-hydrogen) atoms. The zero-order valence-corrected chi connectivity index (χ0v) is 8.20. The van der Waals surface area contributed by atoms with Crippen molar-refractivity contribution in [3.63, 3.8) is 0 Å². The van der Waals surface area contributed by atoms with Crippen LogP contribution >= 0.6 is 11.6 Å². The van der Waals surface area contributed by atoms with Crippen molar-refractivity contribution in [2.24, 2.45) is 0 Å². The molecule has 0 aliphatic carbocycles. The molecule has 0 radical (unpaired) electrons. The van der Waals surface area contributed by atoms with Gasteiger partial charge in [-0.1, -0.05) is 26.1 Å². The van der Waals surface area contributed by atoms with Crippen molar-refractivity contribution in [1.82, 2.24) is 0 Å². The van der Waals surface area contributed by atoms with Crippen LogP contribution in [0.15, 0.2) is 12.7 Å². The van der Waals surface area contributed by atoms with Gasteiger partial charge in [-0.3, -0.25) is 0 Å². The highest BCUT2D eigenvalue weighted by molar-refractivity contribution is 6.84. The number of rotatable bonds is 3. The molecule has 0 saturated carbocycles. The Morgan fingerprint density at radius 1 is 1.67 bits per heavy atom. The molecule has 0 aliphatic rings. The third-order valence-electron chi connectivity index (χ3n) is 1.93. The summed E-state index contributed by atoms with van der Waals surface area (Å²) in [5, 5.41) is 0. The summed E-state index contributed by atoms with van der Waals surface area (Å²) in [7, 11) is -1.13. The summed E-state index contributed by atoms with van der Waals surface area (Å²) in [6.07, 6.45) is 2.01. The van der Waals surface area contributed by atoms with Crippen molar-refractivity contribution in [2.45, 2.75) is 25.6 Å². The minimum Gasteiger partial charge on any atom is -0.130 e. The molecule has 0 aromatic carbocycles. The van der Waals surface area contributed by atoms with Gasteiger partial charge in [-0.05, 0) is 5.54 Å². The zero-order valence-electron chi connectivity index (χ0n) is 6.45. The van der Waals surface area contributed by atoms with E-state index in [1.807, 2.05) is 6.08 Å². The first-order chi connectivity index (χ1) is 4.04. The Balaban J connectivity index is 3.95. The second kappa shape index (κ2) is 3.42. The average Bonchev–Trinajstić information content (AvgIpc) is 1.86. The first kappa shape index (κ1) is 9.25. The Bertz CT molecular complexity index is 99.1. The van der Waals surface area contributed by atoms with Crippen LogP contribution in [-0.4, -0.2) is 13.6 Å². The summed E-state index contributed by atoms with van der Waals surface area (Å²) < 4.78 is 0. The lowest BCUT2D eigenvalue weighted by molar-refractivity contribution is 1.13. The van der Waals surface area contributed by atoms with Crippen LogP contribution in [0.3, 0.4) is 0 Å². The number of hydrogen-bond donors (Lipinski definition) is 0. The van der Waals surface area contributed by atoms with Crippen molar-refractivity contribution < 1.29 is 0 Å². The van der Waals surface area contributed by atoms with Crippen LogP contribution in [0.5, 0.6) is 0 Å². The summed E-state index contributed by atoms with van der Waals surface area (Å²) in [5.74, 6) is 0. The fourth-order valence-electron chi connectivity index (χ4n) is 0.441. The van der Waals surface area contributed by atoms with Crippen molar-refractivity contribution in [2.75, 3.05) is 5.50 Å². The maximum absolute atomic E-state index is 5.78. The molecule has 0 aliphatic heterocycles. The van der Waals surface area contributed by atoms with E-state index < -0.39 is 8.07 Å². The third-order valence-corrected chi connectivity index (χ3v) is 7.39. The first-order valence-electron chi connectivity index (χ1n) is 3.23. The van der Waals surface area contributed by atoms with E-state index in [-0.39, 0.29) is 0 Å². The van der Waals surface area contributed by atoms with Crippen molar-refractivity contribution in [3.8, 4) is 0 Å². The highest BCUT2D eigenvalue weighted by Crippen LogP contribution is 2.22. The normalized spacial score (nSPS) is 15.1. The van der Waals surface area contributed by atoms with Crippen LogP contribution in [0.2, 0.25) is 18.6 Å². The lowest BCUT2D eigenvalue weighted by atomic mass is 10.5.